The van der Waals surface area contributed by atoms with Gasteiger partial charge in [0.05, 0.1) is 12.7 Å². The van der Waals surface area contributed by atoms with Gasteiger partial charge in [-0.2, -0.15) is 0 Å². The number of para-hydroxylation sites is 1. The van der Waals surface area contributed by atoms with Gasteiger partial charge in [-0.3, -0.25) is 4.79 Å². The summed E-state index contributed by atoms with van der Waals surface area (Å²) in [7, 11) is 1.45. The van der Waals surface area contributed by atoms with Crippen molar-refractivity contribution in [2.24, 2.45) is 0 Å². The van der Waals surface area contributed by atoms with E-state index < -0.39 is 17.8 Å². The van der Waals surface area contributed by atoms with Crippen molar-refractivity contribution in [1.82, 2.24) is 5.32 Å². The average Bonchev–Trinajstić information content (AvgIpc) is 3.16. The topological polar surface area (TPSA) is 51.5 Å². The lowest BCUT2D eigenvalue weighted by Crippen LogP contribution is -2.29. The molecule has 4 aromatic rings. The lowest BCUT2D eigenvalue weighted by Gasteiger charge is -2.17. The van der Waals surface area contributed by atoms with Crippen LogP contribution in [0.3, 0.4) is 0 Å². The van der Waals surface area contributed by atoms with Gasteiger partial charge >= 0.3 is 0 Å². The van der Waals surface area contributed by atoms with Crippen molar-refractivity contribution < 1.29 is 18.3 Å². The second-order valence-electron chi connectivity index (χ2n) is 6.35. The van der Waals surface area contributed by atoms with E-state index in [1.807, 2.05) is 60.7 Å². The fraction of sp³-hybridized carbons (Fsp3) is 0.0870. The van der Waals surface area contributed by atoms with Crippen molar-refractivity contribution in [3.8, 4) is 5.75 Å². The van der Waals surface area contributed by atoms with Gasteiger partial charge in [-0.1, -0.05) is 48.5 Å². The largest absolute Gasteiger partial charge is 0.497 e. The minimum absolute atomic E-state index is 0.0576. The van der Waals surface area contributed by atoms with Crippen LogP contribution in [0.25, 0.3) is 11.0 Å². The number of fused-ring (bicyclic) bond motifs is 1. The number of furan rings is 1. The molecule has 1 amide bonds. The summed E-state index contributed by atoms with van der Waals surface area (Å²) in [5.41, 5.74) is 1.50. The third-order valence-electron chi connectivity index (χ3n) is 4.56. The highest BCUT2D eigenvalue weighted by Crippen LogP contribution is 2.29. The van der Waals surface area contributed by atoms with Gasteiger partial charge in [0.15, 0.2) is 0 Å². The Morgan fingerprint density at radius 3 is 2.46 bits per heavy atom. The Bertz CT molecular complexity index is 1090. The van der Waals surface area contributed by atoms with Gasteiger partial charge in [-0.15, -0.1) is 0 Å². The molecule has 1 aromatic heterocycles. The van der Waals surface area contributed by atoms with E-state index in [1.165, 1.54) is 19.2 Å². The quantitative estimate of drug-likeness (QED) is 0.528. The molecule has 4 nitrogen and oxygen atoms in total. The van der Waals surface area contributed by atoms with Crippen molar-refractivity contribution in [3.63, 3.8) is 0 Å². The van der Waals surface area contributed by atoms with E-state index in [0.717, 1.165) is 16.5 Å². The van der Waals surface area contributed by atoms with Gasteiger partial charge in [0.2, 0.25) is 0 Å². The lowest BCUT2D eigenvalue weighted by atomic mass is 10.0. The molecule has 1 heterocycles. The molecule has 4 rings (SSSR count). The van der Waals surface area contributed by atoms with Gasteiger partial charge in [0, 0.05) is 11.5 Å². The fourth-order valence-electron chi connectivity index (χ4n) is 3.12. The maximum Gasteiger partial charge on any atom is 0.255 e. The molecule has 0 saturated heterocycles. The first kappa shape index (κ1) is 17.8. The number of carbonyl (C=O) groups excluding carboxylic acids is 1. The van der Waals surface area contributed by atoms with Gasteiger partial charge in [0.25, 0.3) is 5.91 Å². The molecular formula is C23H18FNO3. The highest BCUT2D eigenvalue weighted by Gasteiger charge is 2.23. The normalized spacial score (nSPS) is 11.9. The summed E-state index contributed by atoms with van der Waals surface area (Å²) in [5, 5.41) is 3.83. The van der Waals surface area contributed by atoms with Crippen molar-refractivity contribution >= 4 is 16.9 Å². The van der Waals surface area contributed by atoms with Gasteiger partial charge in [-0.05, 0) is 29.8 Å². The van der Waals surface area contributed by atoms with E-state index in [0.29, 0.717) is 11.5 Å². The first-order chi connectivity index (χ1) is 13.7. The van der Waals surface area contributed by atoms with E-state index in [2.05, 4.69) is 5.32 Å². The number of benzene rings is 3. The Morgan fingerprint density at radius 1 is 1.00 bits per heavy atom. The summed E-state index contributed by atoms with van der Waals surface area (Å²) in [4.78, 5) is 12.8. The maximum absolute atomic E-state index is 14.3. The van der Waals surface area contributed by atoms with Crippen LogP contribution in [-0.4, -0.2) is 13.0 Å². The Hall–Kier alpha value is -3.60. The molecule has 0 saturated carbocycles. The van der Waals surface area contributed by atoms with Crippen molar-refractivity contribution in [3.05, 3.63) is 102 Å². The Balaban J connectivity index is 1.71. The highest BCUT2D eigenvalue weighted by atomic mass is 19.1. The predicted molar refractivity (Wildman–Crippen MR) is 105 cm³/mol. The first-order valence-corrected chi connectivity index (χ1v) is 8.83. The number of carbonyl (C=O) groups is 1. The third-order valence-corrected chi connectivity index (χ3v) is 4.56. The SMILES string of the molecule is COc1ccc(C(=O)N[C@H](c2ccccc2)c2cc3ccccc3o2)c(F)c1. The Labute approximate surface area is 161 Å². The molecule has 3 aromatic carbocycles. The van der Waals surface area contributed by atoms with E-state index in [1.54, 1.807) is 6.07 Å². The summed E-state index contributed by atoms with van der Waals surface area (Å²) in [6, 6.07) is 22.5. The molecule has 0 unspecified atom stereocenters. The summed E-state index contributed by atoms with van der Waals surface area (Å²) in [5.74, 6) is -0.247. The van der Waals surface area contributed by atoms with Crippen LogP contribution in [0.5, 0.6) is 5.75 Å². The zero-order valence-corrected chi connectivity index (χ0v) is 15.2. The van der Waals surface area contributed by atoms with Crippen LogP contribution in [0.4, 0.5) is 4.39 Å². The number of methoxy groups -OCH3 is 1. The van der Waals surface area contributed by atoms with Crippen molar-refractivity contribution in [2.45, 2.75) is 6.04 Å². The number of rotatable bonds is 5. The van der Waals surface area contributed by atoms with Crippen LogP contribution >= 0.6 is 0 Å². The van der Waals surface area contributed by atoms with Gasteiger partial charge < -0.3 is 14.5 Å². The zero-order chi connectivity index (χ0) is 19.5. The van der Waals surface area contributed by atoms with Crippen LogP contribution in [0.1, 0.15) is 27.7 Å². The molecule has 0 aliphatic heterocycles. The first-order valence-electron chi connectivity index (χ1n) is 8.83. The van der Waals surface area contributed by atoms with Crippen molar-refractivity contribution in [2.75, 3.05) is 7.11 Å². The average molecular weight is 375 g/mol. The summed E-state index contributed by atoms with van der Waals surface area (Å²) >= 11 is 0. The van der Waals surface area contributed by atoms with Crippen molar-refractivity contribution in [1.29, 1.82) is 0 Å². The maximum atomic E-state index is 14.3. The number of ether oxygens (including phenoxy) is 1. The van der Waals surface area contributed by atoms with Gasteiger partial charge in [0.1, 0.15) is 29.0 Å². The minimum atomic E-state index is -0.645. The Morgan fingerprint density at radius 2 is 1.75 bits per heavy atom. The molecule has 1 atom stereocenters. The number of hydrogen-bond acceptors (Lipinski definition) is 3. The van der Waals surface area contributed by atoms with Crippen LogP contribution in [0.15, 0.2) is 83.3 Å². The Kier molecular flexibility index (Phi) is 4.81. The molecular weight excluding hydrogens is 357 g/mol. The monoisotopic (exact) mass is 375 g/mol. The molecule has 0 radical (unpaired) electrons. The molecule has 0 spiro atoms. The molecule has 5 heteroatoms. The third kappa shape index (κ3) is 3.47. The van der Waals surface area contributed by atoms with E-state index >= 15 is 0 Å². The molecule has 28 heavy (non-hydrogen) atoms. The lowest BCUT2D eigenvalue weighted by molar-refractivity contribution is 0.0935. The smallest absolute Gasteiger partial charge is 0.255 e. The summed E-state index contributed by atoms with van der Waals surface area (Å²) < 4.78 is 25.3. The predicted octanol–water partition coefficient (Wildman–Crippen LogP) is 5.10. The fourth-order valence-corrected chi connectivity index (χ4v) is 3.12. The zero-order valence-electron chi connectivity index (χ0n) is 15.2. The van der Waals surface area contributed by atoms with Gasteiger partial charge in [-0.25, -0.2) is 4.39 Å². The van der Waals surface area contributed by atoms with Crippen LogP contribution in [-0.2, 0) is 0 Å². The second kappa shape index (κ2) is 7.56. The second-order valence-corrected chi connectivity index (χ2v) is 6.35. The van der Waals surface area contributed by atoms with Crippen LogP contribution < -0.4 is 10.1 Å². The molecule has 0 bridgehead atoms. The highest BCUT2D eigenvalue weighted by molar-refractivity contribution is 5.95. The van der Waals surface area contributed by atoms with E-state index in [4.69, 9.17) is 9.15 Å². The van der Waals surface area contributed by atoms with Crippen LogP contribution in [0, 0.1) is 5.82 Å². The van der Waals surface area contributed by atoms with E-state index in [9.17, 15) is 9.18 Å². The molecule has 0 aliphatic rings. The standard InChI is InChI=1S/C23H18FNO3/c1-27-17-11-12-18(19(24)14-17)23(26)25-22(15-7-3-2-4-8-15)21-13-16-9-5-6-10-20(16)28-21/h2-14,22H,1H3,(H,25,26)/t22-/m1/s1. The van der Waals surface area contributed by atoms with Crippen LogP contribution in [0.2, 0.25) is 0 Å². The molecule has 0 aliphatic carbocycles. The summed E-state index contributed by atoms with van der Waals surface area (Å²) in [6.07, 6.45) is 0. The number of amides is 1. The number of halogens is 1. The molecule has 0 fully saturated rings. The number of hydrogen-bond donors (Lipinski definition) is 1. The minimum Gasteiger partial charge on any atom is -0.497 e. The molecule has 1 N–H and O–H groups in total. The molecule has 140 valence electrons. The number of nitrogens with one attached hydrogen (secondary N) is 1. The van der Waals surface area contributed by atoms with E-state index in [-0.39, 0.29) is 5.56 Å². The summed E-state index contributed by atoms with van der Waals surface area (Å²) in [6.45, 7) is 0.